The number of hydrogen-bond acceptors (Lipinski definition) is 5. The molecule has 0 spiro atoms. The third kappa shape index (κ3) is 3.52. The molecule has 1 fully saturated rings. The molecular weight excluding hydrogens is 396 g/mol. The number of amides is 1. The summed E-state index contributed by atoms with van der Waals surface area (Å²) >= 11 is 1.68. The molecule has 1 aromatic carbocycles. The molecule has 0 saturated carbocycles. The third-order valence-corrected chi connectivity index (χ3v) is 6.62. The number of H-pyrrole nitrogens is 1. The van der Waals surface area contributed by atoms with Crippen LogP contribution in [-0.4, -0.2) is 38.8 Å². The Bertz CT molecular complexity index is 1260. The summed E-state index contributed by atoms with van der Waals surface area (Å²) in [6.07, 6.45) is 5.28. The van der Waals surface area contributed by atoms with Crippen molar-refractivity contribution in [3.8, 4) is 11.3 Å². The number of aromatic nitrogens is 3. The highest BCUT2D eigenvalue weighted by atomic mass is 32.1. The molecule has 1 aliphatic rings. The predicted molar refractivity (Wildman–Crippen MR) is 118 cm³/mol. The number of nitrogens with zero attached hydrogens (tertiary/aromatic N) is 3. The first-order valence-electron chi connectivity index (χ1n) is 9.96. The first kappa shape index (κ1) is 18.7. The van der Waals surface area contributed by atoms with Crippen molar-refractivity contribution in [3.05, 3.63) is 81.3 Å². The van der Waals surface area contributed by atoms with E-state index in [0.29, 0.717) is 30.1 Å². The molecule has 5 rings (SSSR count). The van der Waals surface area contributed by atoms with Crippen molar-refractivity contribution in [3.63, 3.8) is 0 Å². The van der Waals surface area contributed by atoms with Crippen molar-refractivity contribution in [2.45, 2.75) is 18.8 Å². The molecule has 0 unspecified atom stereocenters. The third-order valence-electron chi connectivity index (χ3n) is 5.61. The molecule has 30 heavy (non-hydrogen) atoms. The summed E-state index contributed by atoms with van der Waals surface area (Å²) < 4.78 is 0. The number of piperidine rings is 1. The van der Waals surface area contributed by atoms with Crippen LogP contribution in [0.15, 0.2) is 65.0 Å². The van der Waals surface area contributed by atoms with Crippen LogP contribution in [0.2, 0.25) is 0 Å². The molecule has 6 nitrogen and oxygen atoms in total. The van der Waals surface area contributed by atoms with Gasteiger partial charge in [-0.3, -0.25) is 14.6 Å². The monoisotopic (exact) mass is 416 g/mol. The number of aromatic amines is 1. The van der Waals surface area contributed by atoms with Crippen LogP contribution >= 0.6 is 11.3 Å². The zero-order valence-corrected chi connectivity index (χ0v) is 17.1. The maximum absolute atomic E-state index is 13.0. The average molecular weight is 417 g/mol. The van der Waals surface area contributed by atoms with E-state index in [1.54, 1.807) is 35.9 Å². The van der Waals surface area contributed by atoms with Gasteiger partial charge in [-0.1, -0.05) is 18.2 Å². The number of hydrogen-bond donors (Lipinski definition) is 1. The molecule has 7 heteroatoms. The molecule has 4 aromatic rings. The molecule has 0 atom stereocenters. The second kappa shape index (κ2) is 7.84. The van der Waals surface area contributed by atoms with E-state index in [0.717, 1.165) is 34.5 Å². The quantitative estimate of drug-likeness (QED) is 0.546. The van der Waals surface area contributed by atoms with Crippen molar-refractivity contribution in [2.75, 3.05) is 13.1 Å². The number of thiazole rings is 1. The van der Waals surface area contributed by atoms with Crippen LogP contribution in [0, 0.1) is 0 Å². The van der Waals surface area contributed by atoms with Gasteiger partial charge in [0.2, 0.25) is 0 Å². The van der Waals surface area contributed by atoms with Gasteiger partial charge in [0.05, 0.1) is 10.7 Å². The Morgan fingerprint density at radius 2 is 1.87 bits per heavy atom. The Morgan fingerprint density at radius 1 is 1.10 bits per heavy atom. The maximum atomic E-state index is 13.0. The van der Waals surface area contributed by atoms with E-state index in [4.69, 9.17) is 4.98 Å². The summed E-state index contributed by atoms with van der Waals surface area (Å²) in [5.74, 6) is 0.234. The summed E-state index contributed by atoms with van der Waals surface area (Å²) in [6.45, 7) is 1.31. The van der Waals surface area contributed by atoms with Gasteiger partial charge >= 0.3 is 0 Å². The van der Waals surface area contributed by atoms with Crippen molar-refractivity contribution in [1.29, 1.82) is 0 Å². The van der Waals surface area contributed by atoms with Gasteiger partial charge in [-0.25, -0.2) is 4.98 Å². The molecule has 150 valence electrons. The average Bonchev–Trinajstić information content (AvgIpc) is 3.30. The highest BCUT2D eigenvalue weighted by Crippen LogP contribution is 2.33. The smallest absolute Gasteiger partial charge is 0.270 e. The van der Waals surface area contributed by atoms with Crippen LogP contribution in [0.3, 0.4) is 0 Å². The highest BCUT2D eigenvalue weighted by Gasteiger charge is 2.27. The van der Waals surface area contributed by atoms with Crippen LogP contribution in [0.1, 0.15) is 34.3 Å². The fourth-order valence-corrected chi connectivity index (χ4v) is 4.96. The van der Waals surface area contributed by atoms with Crippen LogP contribution < -0.4 is 5.56 Å². The van der Waals surface area contributed by atoms with E-state index in [2.05, 4.69) is 15.3 Å². The molecular formula is C23H20N4O2S. The maximum Gasteiger partial charge on any atom is 0.270 e. The highest BCUT2D eigenvalue weighted by molar-refractivity contribution is 7.10. The van der Waals surface area contributed by atoms with Gasteiger partial charge in [-0.2, -0.15) is 0 Å². The molecule has 1 amide bonds. The topological polar surface area (TPSA) is 79.0 Å². The van der Waals surface area contributed by atoms with Gasteiger partial charge in [-0.05, 0) is 42.5 Å². The minimum absolute atomic E-state index is 0.118. The van der Waals surface area contributed by atoms with Gasteiger partial charge in [-0.15, -0.1) is 11.3 Å². The lowest BCUT2D eigenvalue weighted by atomic mass is 9.97. The summed E-state index contributed by atoms with van der Waals surface area (Å²) in [5.41, 5.74) is 2.18. The zero-order valence-electron chi connectivity index (χ0n) is 16.2. The number of benzene rings is 1. The molecule has 3 aromatic heterocycles. The number of rotatable bonds is 3. The fourth-order valence-electron chi connectivity index (χ4n) is 3.96. The van der Waals surface area contributed by atoms with Crippen LogP contribution in [0.4, 0.5) is 0 Å². The molecule has 1 saturated heterocycles. The minimum atomic E-state index is -0.224. The fraction of sp³-hybridized carbons (Fsp3) is 0.217. The normalized spacial score (nSPS) is 14.9. The van der Waals surface area contributed by atoms with E-state index < -0.39 is 0 Å². The Hall–Kier alpha value is -3.32. The van der Waals surface area contributed by atoms with Gasteiger partial charge in [0.1, 0.15) is 5.69 Å². The van der Waals surface area contributed by atoms with Gasteiger partial charge < -0.3 is 9.88 Å². The summed E-state index contributed by atoms with van der Waals surface area (Å²) in [7, 11) is 0. The van der Waals surface area contributed by atoms with Crippen molar-refractivity contribution in [1.82, 2.24) is 19.9 Å². The number of nitrogens with one attached hydrogen (secondary N) is 1. The van der Waals surface area contributed by atoms with E-state index >= 15 is 0 Å². The molecule has 0 bridgehead atoms. The Kier molecular flexibility index (Phi) is 4.88. The Balaban J connectivity index is 1.29. The van der Waals surface area contributed by atoms with Crippen molar-refractivity contribution < 1.29 is 4.79 Å². The predicted octanol–water partition coefficient (Wildman–Crippen LogP) is 4.07. The van der Waals surface area contributed by atoms with Crippen LogP contribution in [-0.2, 0) is 0 Å². The summed E-state index contributed by atoms with van der Waals surface area (Å²) in [6, 6.07) is 13.0. The molecule has 1 N–H and O–H groups in total. The number of carbonyl (C=O) groups is 1. The van der Waals surface area contributed by atoms with E-state index in [9.17, 15) is 9.59 Å². The van der Waals surface area contributed by atoms with Gasteiger partial charge in [0, 0.05) is 47.7 Å². The van der Waals surface area contributed by atoms with Crippen molar-refractivity contribution >= 4 is 28.0 Å². The lowest BCUT2D eigenvalue weighted by molar-refractivity contribution is 0.0707. The van der Waals surface area contributed by atoms with Gasteiger partial charge in [0.15, 0.2) is 0 Å². The van der Waals surface area contributed by atoms with E-state index in [1.807, 2.05) is 35.2 Å². The van der Waals surface area contributed by atoms with Crippen LogP contribution in [0.25, 0.3) is 22.0 Å². The van der Waals surface area contributed by atoms with Crippen molar-refractivity contribution in [2.24, 2.45) is 0 Å². The minimum Gasteiger partial charge on any atom is -0.337 e. The number of likely N-dealkylation sites (tertiary alicyclic amines) is 1. The van der Waals surface area contributed by atoms with E-state index in [-0.39, 0.29) is 11.5 Å². The Labute approximate surface area is 177 Å². The van der Waals surface area contributed by atoms with Crippen LogP contribution in [0.5, 0.6) is 0 Å². The molecule has 0 radical (unpaired) electrons. The summed E-state index contributed by atoms with van der Waals surface area (Å²) in [4.78, 5) is 38.7. The first-order valence-corrected chi connectivity index (χ1v) is 10.8. The molecule has 4 heterocycles. The second-order valence-corrected chi connectivity index (χ2v) is 8.36. The Morgan fingerprint density at radius 3 is 2.67 bits per heavy atom. The number of carbonyl (C=O) groups excluding carboxylic acids is 1. The van der Waals surface area contributed by atoms with E-state index in [1.165, 1.54) is 0 Å². The summed E-state index contributed by atoms with van der Waals surface area (Å²) in [5, 5.41) is 4.59. The molecule has 0 aliphatic carbocycles. The zero-order chi connectivity index (χ0) is 20.5. The SMILES string of the molecule is O=C(c1cc2ccccc2c(=O)[nH]1)N1CCC(c2nc(-c3ccncc3)cs2)CC1. The lowest BCUT2D eigenvalue weighted by Gasteiger charge is -2.31. The number of fused-ring (bicyclic) bond motifs is 1. The second-order valence-electron chi connectivity index (χ2n) is 7.47. The molecule has 1 aliphatic heterocycles. The first-order chi connectivity index (χ1) is 14.7. The lowest BCUT2D eigenvalue weighted by Crippen LogP contribution is -2.38. The largest absolute Gasteiger partial charge is 0.337 e. The number of pyridine rings is 2. The standard InChI is InChI=1S/C23H20N4O2S/c28-21-18-4-2-1-3-17(18)13-19(25-21)23(29)27-11-7-16(8-12-27)22-26-20(14-30-22)15-5-9-24-10-6-15/h1-6,9-10,13-14,16H,7-8,11-12H2,(H,25,28). The van der Waals surface area contributed by atoms with Gasteiger partial charge in [0.25, 0.3) is 11.5 Å².